The molecule has 36 valence electrons. The first-order valence-electron chi connectivity index (χ1n) is 1.65. The summed E-state index contributed by atoms with van der Waals surface area (Å²) in [7, 11) is 0. The van der Waals surface area contributed by atoms with Crippen molar-refractivity contribution < 1.29 is 0 Å². The van der Waals surface area contributed by atoms with Gasteiger partial charge in [-0.2, -0.15) is 0 Å². The van der Waals surface area contributed by atoms with Gasteiger partial charge in [0.05, 0.1) is 0 Å². The summed E-state index contributed by atoms with van der Waals surface area (Å²) in [6, 6.07) is 0. The summed E-state index contributed by atoms with van der Waals surface area (Å²) in [5, 5.41) is 0. The van der Waals surface area contributed by atoms with Gasteiger partial charge in [0.1, 0.15) is 0 Å². The maximum atomic E-state index is 2.32. The van der Waals surface area contributed by atoms with E-state index in [1.807, 2.05) is 0 Å². The maximum absolute atomic E-state index is 2.32. The summed E-state index contributed by atoms with van der Waals surface area (Å²) in [4.78, 5) is 0. The lowest BCUT2D eigenvalue weighted by atomic mass is 10.6. The lowest BCUT2D eigenvalue weighted by Crippen LogP contribution is -1.57. The predicted octanol–water partition coefficient (Wildman–Crippen LogP) is 2.76. The highest BCUT2D eigenvalue weighted by atomic mass is 127. The van der Waals surface area contributed by atoms with Crippen LogP contribution in [-0.4, -0.2) is 4.43 Å². The van der Waals surface area contributed by atoms with E-state index in [0.717, 1.165) is 4.43 Å². The van der Waals surface area contributed by atoms with Crippen molar-refractivity contribution >= 4 is 45.2 Å². The summed E-state index contributed by atoms with van der Waals surface area (Å²) in [5.41, 5.74) is 0. The topological polar surface area (TPSA) is 0 Å². The highest BCUT2D eigenvalue weighted by Crippen LogP contribution is 2.02. The molecule has 0 aliphatic heterocycles. The smallest absolute Gasteiger partial charge is 0.0185 e. The van der Waals surface area contributed by atoms with E-state index in [2.05, 4.69) is 58.2 Å². The van der Waals surface area contributed by atoms with Crippen LogP contribution >= 0.6 is 45.2 Å². The SMILES string of the molecule is C/C(I)=C/CI. The predicted molar refractivity (Wildman–Crippen MR) is 46.7 cm³/mol. The van der Waals surface area contributed by atoms with Crippen LogP contribution in [0.2, 0.25) is 0 Å². The first kappa shape index (κ1) is 7.20. The number of alkyl halides is 1. The van der Waals surface area contributed by atoms with E-state index < -0.39 is 0 Å². The zero-order valence-electron chi connectivity index (χ0n) is 3.54. The fourth-order valence-corrected chi connectivity index (χ4v) is 1.83. The van der Waals surface area contributed by atoms with Gasteiger partial charge in [0.15, 0.2) is 0 Å². The van der Waals surface area contributed by atoms with Crippen molar-refractivity contribution in [3.63, 3.8) is 0 Å². The third-order valence-electron chi connectivity index (χ3n) is 0.358. The van der Waals surface area contributed by atoms with E-state index in [0.29, 0.717) is 0 Å². The van der Waals surface area contributed by atoms with Crippen LogP contribution in [0.15, 0.2) is 9.66 Å². The van der Waals surface area contributed by atoms with E-state index in [1.54, 1.807) is 0 Å². The Morgan fingerprint density at radius 2 is 2.33 bits per heavy atom. The Bertz CT molecular complexity index is 52.6. The molecule has 0 saturated carbocycles. The molecule has 0 fully saturated rings. The van der Waals surface area contributed by atoms with Crippen LogP contribution < -0.4 is 0 Å². The quantitative estimate of drug-likeness (QED) is 0.516. The van der Waals surface area contributed by atoms with Crippen molar-refractivity contribution in [3.05, 3.63) is 9.66 Å². The molecule has 0 aliphatic carbocycles. The third kappa shape index (κ3) is 5.20. The average Bonchev–Trinajstić information content (AvgIpc) is 1.35. The molecule has 0 aromatic rings. The maximum Gasteiger partial charge on any atom is 0.0185 e. The Morgan fingerprint density at radius 1 is 1.83 bits per heavy atom. The molecule has 0 rings (SSSR count). The van der Waals surface area contributed by atoms with E-state index in [4.69, 9.17) is 0 Å². The van der Waals surface area contributed by atoms with Crippen LogP contribution in [0.25, 0.3) is 0 Å². The summed E-state index contributed by atoms with van der Waals surface area (Å²) in [5.74, 6) is 0. The second kappa shape index (κ2) is 4.36. The second-order valence-electron chi connectivity index (χ2n) is 0.945. The lowest BCUT2D eigenvalue weighted by molar-refractivity contribution is 1.66. The van der Waals surface area contributed by atoms with Gasteiger partial charge < -0.3 is 0 Å². The Balaban J connectivity index is 3.14. The third-order valence-corrected chi connectivity index (χ3v) is 1.24. The second-order valence-corrected chi connectivity index (χ2v) is 3.53. The van der Waals surface area contributed by atoms with Crippen LogP contribution in [0, 0.1) is 0 Å². The number of hydrogen-bond donors (Lipinski definition) is 0. The van der Waals surface area contributed by atoms with E-state index in [9.17, 15) is 0 Å². The van der Waals surface area contributed by atoms with E-state index in [-0.39, 0.29) is 0 Å². The summed E-state index contributed by atoms with van der Waals surface area (Å²) in [6.07, 6.45) is 2.18. The Labute approximate surface area is 65.7 Å². The monoisotopic (exact) mass is 308 g/mol. The van der Waals surface area contributed by atoms with Gasteiger partial charge in [-0.15, -0.1) is 0 Å². The Kier molecular flexibility index (Phi) is 5.23. The molecule has 0 N–H and O–H groups in total. The molecule has 0 aliphatic rings. The van der Waals surface area contributed by atoms with Gasteiger partial charge in [-0.25, -0.2) is 0 Å². The molecule has 0 unspecified atom stereocenters. The van der Waals surface area contributed by atoms with Crippen LogP contribution in [0.1, 0.15) is 6.92 Å². The lowest BCUT2D eigenvalue weighted by Gasteiger charge is -1.76. The van der Waals surface area contributed by atoms with E-state index in [1.165, 1.54) is 3.58 Å². The van der Waals surface area contributed by atoms with Crippen molar-refractivity contribution in [3.8, 4) is 0 Å². The molecule has 0 atom stereocenters. The molecule has 2 heteroatoms. The normalized spacial score (nSPS) is 12.2. The molecule has 0 radical (unpaired) electrons. The first-order valence-corrected chi connectivity index (χ1v) is 4.26. The largest absolute Gasteiger partial charge is 0.0818 e. The minimum atomic E-state index is 1.13. The average molecular weight is 308 g/mol. The minimum absolute atomic E-state index is 1.13. The molecule has 0 amide bonds. The Hall–Kier alpha value is 1.20. The number of rotatable bonds is 1. The van der Waals surface area contributed by atoms with Crippen LogP contribution in [0.4, 0.5) is 0 Å². The van der Waals surface area contributed by atoms with Crippen molar-refractivity contribution in [2.75, 3.05) is 4.43 Å². The minimum Gasteiger partial charge on any atom is -0.0818 e. The molecule has 0 spiro atoms. The zero-order chi connectivity index (χ0) is 4.99. The van der Waals surface area contributed by atoms with Gasteiger partial charge >= 0.3 is 0 Å². The number of hydrogen-bond acceptors (Lipinski definition) is 0. The number of halogens is 2. The summed E-state index contributed by atoms with van der Waals surface area (Å²) >= 11 is 4.62. The molecule has 0 aromatic heterocycles. The van der Waals surface area contributed by atoms with Gasteiger partial charge in [0.25, 0.3) is 0 Å². The van der Waals surface area contributed by atoms with Crippen molar-refractivity contribution in [1.82, 2.24) is 0 Å². The van der Waals surface area contributed by atoms with Crippen LogP contribution in [0.5, 0.6) is 0 Å². The molecular weight excluding hydrogens is 302 g/mol. The summed E-state index contributed by atoms with van der Waals surface area (Å²) in [6.45, 7) is 2.10. The number of allylic oxidation sites excluding steroid dienone is 2. The first-order chi connectivity index (χ1) is 2.77. The highest BCUT2D eigenvalue weighted by molar-refractivity contribution is 14.1. The highest BCUT2D eigenvalue weighted by Gasteiger charge is 1.70. The van der Waals surface area contributed by atoms with Crippen molar-refractivity contribution in [1.29, 1.82) is 0 Å². The van der Waals surface area contributed by atoms with Gasteiger partial charge in [0, 0.05) is 4.43 Å². The molecule has 0 heterocycles. The van der Waals surface area contributed by atoms with E-state index >= 15 is 0 Å². The molecular formula is C4H6I2. The van der Waals surface area contributed by atoms with Crippen molar-refractivity contribution in [2.24, 2.45) is 0 Å². The fourth-order valence-electron chi connectivity index (χ4n) is 0.106. The van der Waals surface area contributed by atoms with Crippen molar-refractivity contribution in [2.45, 2.75) is 6.92 Å². The van der Waals surface area contributed by atoms with Gasteiger partial charge in [-0.1, -0.05) is 28.7 Å². The molecule has 0 aromatic carbocycles. The summed E-state index contributed by atoms with van der Waals surface area (Å²) < 4.78 is 2.51. The molecule has 0 saturated heterocycles. The molecule has 6 heavy (non-hydrogen) atoms. The zero-order valence-corrected chi connectivity index (χ0v) is 7.86. The van der Waals surface area contributed by atoms with Gasteiger partial charge in [0.2, 0.25) is 0 Å². The van der Waals surface area contributed by atoms with Gasteiger partial charge in [-0.05, 0) is 33.1 Å². The van der Waals surface area contributed by atoms with Gasteiger partial charge in [-0.3, -0.25) is 0 Å². The fraction of sp³-hybridized carbons (Fsp3) is 0.500. The van der Waals surface area contributed by atoms with Crippen LogP contribution in [0.3, 0.4) is 0 Å². The van der Waals surface area contributed by atoms with Crippen LogP contribution in [-0.2, 0) is 0 Å². The molecule has 0 nitrogen and oxygen atoms in total. The Morgan fingerprint density at radius 3 is 2.33 bits per heavy atom. The molecule has 0 bridgehead atoms. The standard InChI is InChI=1S/C4H6I2/c1-4(6)2-3-5/h2H,3H2,1H3/b4-2-.